The summed E-state index contributed by atoms with van der Waals surface area (Å²) < 4.78 is 32.9. The van der Waals surface area contributed by atoms with Gasteiger partial charge in [-0.15, -0.1) is 24.8 Å². The normalized spacial score (nSPS) is 16.3. The van der Waals surface area contributed by atoms with Crippen molar-refractivity contribution in [2.45, 2.75) is 45.3 Å². The van der Waals surface area contributed by atoms with E-state index >= 15 is 0 Å². The number of halogens is 4. The first-order valence-corrected chi connectivity index (χ1v) is 13.2. The minimum Gasteiger partial charge on any atom is -0.492 e. The van der Waals surface area contributed by atoms with Crippen LogP contribution < -0.4 is 4.74 Å². The lowest BCUT2D eigenvalue weighted by Crippen LogP contribution is -2.33. The van der Waals surface area contributed by atoms with Crippen molar-refractivity contribution in [2.75, 3.05) is 26.2 Å². The molecule has 1 fully saturated rings. The highest BCUT2D eigenvalue weighted by Crippen LogP contribution is 2.28. The summed E-state index contributed by atoms with van der Waals surface area (Å²) in [6.45, 7) is 5.42. The van der Waals surface area contributed by atoms with Gasteiger partial charge in [0.05, 0.1) is 0 Å². The van der Waals surface area contributed by atoms with Crippen LogP contribution in [0.1, 0.15) is 52.7 Å². The number of likely N-dealkylation sites (tertiary alicyclic amines) is 1. The Labute approximate surface area is 242 Å². The second kappa shape index (κ2) is 14.8. The van der Waals surface area contributed by atoms with Crippen LogP contribution in [0.4, 0.5) is 8.78 Å². The standard InChI is InChI=1S/C31H34F2N2O2.2ClH/c32-28-16-25(17-29(33)19-28)21-34-12-10-23(11-13-34)6-8-30(36)26-7-9-31-27(18-26)22-35(14-15-37-31)20-24-4-2-1-3-5-24;;/h1-5,7,9,16-19,23H,6,8,10-15,20-22H2;2*1H. The van der Waals surface area contributed by atoms with Gasteiger partial charge in [0.15, 0.2) is 5.78 Å². The van der Waals surface area contributed by atoms with Gasteiger partial charge in [-0.2, -0.15) is 0 Å². The van der Waals surface area contributed by atoms with Crippen LogP contribution in [0.15, 0.2) is 66.7 Å². The quantitative estimate of drug-likeness (QED) is 0.268. The molecule has 39 heavy (non-hydrogen) atoms. The molecule has 2 heterocycles. The molecule has 2 aliphatic rings. The highest BCUT2D eigenvalue weighted by Gasteiger charge is 2.22. The highest BCUT2D eigenvalue weighted by molar-refractivity contribution is 5.96. The molecular weight excluding hydrogens is 541 g/mol. The molecule has 0 N–H and O–H groups in total. The number of Topliss-reactive ketones (excluding diaryl/α,β-unsaturated/α-hetero) is 1. The number of piperidine rings is 1. The third kappa shape index (κ3) is 8.74. The Kier molecular flexibility index (Phi) is 11.7. The maximum atomic E-state index is 13.5. The fourth-order valence-electron chi connectivity index (χ4n) is 5.47. The predicted octanol–water partition coefficient (Wildman–Crippen LogP) is 7.08. The lowest BCUT2D eigenvalue weighted by molar-refractivity contribution is 0.0961. The molecule has 0 bridgehead atoms. The number of nitrogens with zero attached hydrogens (tertiary/aromatic N) is 2. The number of carbonyl (C=O) groups is 1. The van der Waals surface area contributed by atoms with Crippen molar-refractivity contribution in [1.29, 1.82) is 0 Å². The van der Waals surface area contributed by atoms with Crippen LogP contribution in [0.25, 0.3) is 0 Å². The van der Waals surface area contributed by atoms with Crippen molar-refractivity contribution in [3.63, 3.8) is 0 Å². The lowest BCUT2D eigenvalue weighted by atomic mass is 9.90. The van der Waals surface area contributed by atoms with Gasteiger partial charge in [0.2, 0.25) is 0 Å². The van der Waals surface area contributed by atoms with Crippen molar-refractivity contribution in [1.82, 2.24) is 9.80 Å². The lowest BCUT2D eigenvalue weighted by Gasteiger charge is -2.32. The first-order chi connectivity index (χ1) is 18.0. The number of fused-ring (bicyclic) bond motifs is 1. The van der Waals surface area contributed by atoms with Crippen molar-refractivity contribution >= 4 is 30.6 Å². The molecule has 0 unspecified atom stereocenters. The number of ether oxygens (including phenoxy) is 1. The Bertz CT molecular complexity index is 1200. The first kappa shape index (κ1) is 31.0. The molecule has 0 aliphatic carbocycles. The summed E-state index contributed by atoms with van der Waals surface area (Å²) in [5, 5.41) is 0. The number of hydrogen-bond donors (Lipinski definition) is 0. The number of carbonyl (C=O) groups excluding carboxylic acids is 1. The Balaban J connectivity index is 0.00000210. The fraction of sp³-hybridized carbons (Fsp3) is 0.387. The van der Waals surface area contributed by atoms with E-state index < -0.39 is 11.6 Å². The van der Waals surface area contributed by atoms with Crippen LogP contribution in [0.3, 0.4) is 0 Å². The zero-order chi connectivity index (χ0) is 25.6. The van der Waals surface area contributed by atoms with E-state index in [1.54, 1.807) is 0 Å². The summed E-state index contributed by atoms with van der Waals surface area (Å²) in [5.41, 5.74) is 3.77. The molecule has 0 aromatic heterocycles. The summed E-state index contributed by atoms with van der Waals surface area (Å²) in [6, 6.07) is 20.0. The Morgan fingerprint density at radius 3 is 2.23 bits per heavy atom. The van der Waals surface area contributed by atoms with Gasteiger partial charge < -0.3 is 4.74 Å². The topological polar surface area (TPSA) is 32.8 Å². The van der Waals surface area contributed by atoms with E-state index in [9.17, 15) is 13.6 Å². The van der Waals surface area contributed by atoms with E-state index in [0.29, 0.717) is 31.1 Å². The Morgan fingerprint density at radius 2 is 1.51 bits per heavy atom. The maximum Gasteiger partial charge on any atom is 0.162 e. The van der Waals surface area contributed by atoms with Crippen molar-refractivity contribution in [3.8, 4) is 5.75 Å². The Morgan fingerprint density at radius 1 is 0.821 bits per heavy atom. The van der Waals surface area contributed by atoms with Gasteiger partial charge in [0, 0.05) is 49.8 Å². The van der Waals surface area contributed by atoms with Crippen LogP contribution in [0.2, 0.25) is 0 Å². The van der Waals surface area contributed by atoms with Crippen LogP contribution in [-0.4, -0.2) is 41.8 Å². The molecule has 2 aliphatic heterocycles. The van der Waals surface area contributed by atoms with E-state index in [4.69, 9.17) is 4.74 Å². The monoisotopic (exact) mass is 576 g/mol. The third-order valence-corrected chi connectivity index (χ3v) is 7.51. The largest absolute Gasteiger partial charge is 0.492 e. The van der Waals surface area contributed by atoms with Gasteiger partial charge in [0.1, 0.15) is 24.0 Å². The summed E-state index contributed by atoms with van der Waals surface area (Å²) in [6.07, 6.45) is 3.40. The first-order valence-electron chi connectivity index (χ1n) is 13.2. The van der Waals surface area contributed by atoms with Crippen molar-refractivity contribution in [2.24, 2.45) is 5.92 Å². The van der Waals surface area contributed by atoms with Gasteiger partial charge in [-0.05, 0) is 79.7 Å². The smallest absolute Gasteiger partial charge is 0.162 e. The van der Waals surface area contributed by atoms with Crippen LogP contribution >= 0.6 is 24.8 Å². The summed E-state index contributed by atoms with van der Waals surface area (Å²) >= 11 is 0. The minimum atomic E-state index is -0.531. The molecule has 0 spiro atoms. The van der Waals surface area contributed by atoms with Gasteiger partial charge in [-0.25, -0.2) is 8.78 Å². The van der Waals surface area contributed by atoms with Crippen LogP contribution in [-0.2, 0) is 19.6 Å². The maximum absolute atomic E-state index is 13.5. The van der Waals surface area contributed by atoms with E-state index in [-0.39, 0.29) is 30.6 Å². The van der Waals surface area contributed by atoms with E-state index in [1.165, 1.54) is 17.7 Å². The molecule has 1 saturated heterocycles. The second-order valence-electron chi connectivity index (χ2n) is 10.3. The molecule has 5 rings (SSSR count). The van der Waals surface area contributed by atoms with Gasteiger partial charge in [0.25, 0.3) is 0 Å². The molecule has 0 saturated carbocycles. The van der Waals surface area contributed by atoms with Crippen LogP contribution in [0.5, 0.6) is 5.75 Å². The zero-order valence-corrected chi connectivity index (χ0v) is 23.6. The predicted molar refractivity (Wildman–Crippen MR) is 155 cm³/mol. The van der Waals surface area contributed by atoms with Gasteiger partial charge in [-0.3, -0.25) is 14.6 Å². The van der Waals surface area contributed by atoms with Crippen molar-refractivity contribution in [3.05, 3.63) is 101 Å². The third-order valence-electron chi connectivity index (χ3n) is 7.51. The summed E-state index contributed by atoms with van der Waals surface area (Å²) in [7, 11) is 0. The average Bonchev–Trinajstić information content (AvgIpc) is 3.09. The van der Waals surface area contributed by atoms with E-state index in [0.717, 1.165) is 74.9 Å². The van der Waals surface area contributed by atoms with E-state index in [2.05, 4.69) is 34.1 Å². The summed E-state index contributed by atoms with van der Waals surface area (Å²) in [4.78, 5) is 17.7. The SMILES string of the molecule is Cl.Cl.O=C(CCC1CCN(Cc2cc(F)cc(F)c2)CC1)c1ccc2c(c1)CN(Cc1ccccc1)CCO2. The molecule has 0 amide bonds. The highest BCUT2D eigenvalue weighted by atomic mass is 35.5. The molecule has 210 valence electrons. The van der Waals surface area contributed by atoms with E-state index in [1.807, 2.05) is 24.3 Å². The number of hydrogen-bond acceptors (Lipinski definition) is 4. The van der Waals surface area contributed by atoms with Gasteiger partial charge >= 0.3 is 0 Å². The molecule has 0 atom stereocenters. The van der Waals surface area contributed by atoms with Crippen LogP contribution in [0, 0.1) is 17.6 Å². The molecule has 8 heteroatoms. The number of rotatable bonds is 8. The molecule has 3 aromatic carbocycles. The summed E-state index contributed by atoms with van der Waals surface area (Å²) in [5.74, 6) is 0.486. The molecule has 3 aromatic rings. The zero-order valence-electron chi connectivity index (χ0n) is 22.0. The van der Waals surface area contributed by atoms with Crippen molar-refractivity contribution < 1.29 is 18.3 Å². The number of benzene rings is 3. The molecular formula is C31H36Cl2F2N2O2. The Hall–Kier alpha value is -2.51. The molecule has 4 nitrogen and oxygen atoms in total. The second-order valence-corrected chi connectivity index (χ2v) is 10.3. The number of ketones is 1. The minimum absolute atomic E-state index is 0. The van der Waals surface area contributed by atoms with Gasteiger partial charge in [-0.1, -0.05) is 30.3 Å². The molecule has 0 radical (unpaired) electrons. The average molecular weight is 578 g/mol. The fourth-order valence-corrected chi connectivity index (χ4v) is 5.47.